The molecule has 0 aliphatic rings. The Labute approximate surface area is 153 Å². The lowest BCUT2D eigenvalue weighted by Gasteiger charge is -2.17. The zero-order valence-corrected chi connectivity index (χ0v) is 15.4. The molecule has 6 heteroatoms. The van der Waals surface area contributed by atoms with Crippen molar-refractivity contribution >= 4 is 34.8 Å². The number of hydrogen-bond donors (Lipinski definition) is 2. The predicted molar refractivity (Wildman–Crippen MR) is 102 cm³/mol. The summed E-state index contributed by atoms with van der Waals surface area (Å²) in [4.78, 5) is 25.9. The van der Waals surface area contributed by atoms with Crippen LogP contribution in [0.3, 0.4) is 0 Å². The average Bonchev–Trinajstić information content (AvgIpc) is 2.52. The van der Waals surface area contributed by atoms with Gasteiger partial charge in [0.1, 0.15) is 0 Å². The number of carbonyl (C=O) groups is 2. The molecule has 0 atom stereocenters. The molecule has 0 bridgehead atoms. The highest BCUT2D eigenvalue weighted by Gasteiger charge is 2.12. The number of anilines is 2. The van der Waals surface area contributed by atoms with E-state index < -0.39 is 0 Å². The van der Waals surface area contributed by atoms with E-state index in [1.807, 2.05) is 32.0 Å². The van der Waals surface area contributed by atoms with Crippen molar-refractivity contribution in [3.05, 3.63) is 58.6 Å². The summed E-state index contributed by atoms with van der Waals surface area (Å²) < 4.78 is 0. The zero-order valence-electron chi connectivity index (χ0n) is 14.6. The van der Waals surface area contributed by atoms with E-state index >= 15 is 0 Å². The number of aryl methyl sites for hydroxylation is 2. The standard InChI is InChI=1S/C19H22ClN3O2/c1-13-8-9-16(14(2)10-13)21-18(24)11-23(3)12-19(25)22-17-7-5-4-6-15(17)20/h4-10H,11-12H2,1-3H3,(H,21,24)(H,22,25). The van der Waals surface area contributed by atoms with Crippen molar-refractivity contribution in [3.63, 3.8) is 0 Å². The average molecular weight is 360 g/mol. The Morgan fingerprint density at radius 1 is 0.960 bits per heavy atom. The largest absolute Gasteiger partial charge is 0.325 e. The molecule has 5 nitrogen and oxygen atoms in total. The smallest absolute Gasteiger partial charge is 0.238 e. The topological polar surface area (TPSA) is 61.4 Å². The Hall–Kier alpha value is -2.37. The van der Waals surface area contributed by atoms with Crippen LogP contribution in [0.15, 0.2) is 42.5 Å². The van der Waals surface area contributed by atoms with Crippen LogP contribution in [-0.2, 0) is 9.59 Å². The van der Waals surface area contributed by atoms with Crippen LogP contribution in [0.1, 0.15) is 11.1 Å². The molecule has 0 heterocycles. The predicted octanol–water partition coefficient (Wildman–Crippen LogP) is 3.47. The molecule has 0 aliphatic carbocycles. The lowest BCUT2D eigenvalue weighted by molar-refractivity contribution is -0.119. The van der Waals surface area contributed by atoms with E-state index in [2.05, 4.69) is 10.6 Å². The minimum atomic E-state index is -0.227. The van der Waals surface area contributed by atoms with E-state index in [1.54, 1.807) is 36.2 Å². The summed E-state index contributed by atoms with van der Waals surface area (Å²) in [6, 6.07) is 12.9. The highest BCUT2D eigenvalue weighted by Crippen LogP contribution is 2.20. The first kappa shape index (κ1) is 19.0. The number of nitrogens with one attached hydrogen (secondary N) is 2. The number of rotatable bonds is 6. The number of carbonyl (C=O) groups excluding carboxylic acids is 2. The molecule has 2 aromatic carbocycles. The van der Waals surface area contributed by atoms with Crippen molar-refractivity contribution in [2.75, 3.05) is 30.8 Å². The molecule has 25 heavy (non-hydrogen) atoms. The normalized spacial score (nSPS) is 10.6. The zero-order chi connectivity index (χ0) is 18.4. The van der Waals surface area contributed by atoms with Gasteiger partial charge in [0.05, 0.1) is 23.8 Å². The molecule has 2 N–H and O–H groups in total. The summed E-state index contributed by atoms with van der Waals surface area (Å²) in [7, 11) is 1.72. The van der Waals surface area contributed by atoms with E-state index in [9.17, 15) is 9.59 Å². The molecule has 0 spiro atoms. The molecule has 2 aromatic rings. The molecule has 0 unspecified atom stereocenters. The number of nitrogens with zero attached hydrogens (tertiary/aromatic N) is 1. The van der Waals surface area contributed by atoms with E-state index in [0.717, 1.165) is 16.8 Å². The van der Waals surface area contributed by atoms with Crippen molar-refractivity contribution < 1.29 is 9.59 Å². The summed E-state index contributed by atoms with van der Waals surface area (Å²) >= 11 is 6.01. The van der Waals surface area contributed by atoms with E-state index in [-0.39, 0.29) is 24.9 Å². The molecule has 0 saturated carbocycles. The summed E-state index contributed by atoms with van der Waals surface area (Å²) in [5, 5.41) is 6.08. The fourth-order valence-electron chi connectivity index (χ4n) is 2.44. The van der Waals surface area contributed by atoms with Crippen molar-refractivity contribution in [1.29, 1.82) is 0 Å². The van der Waals surface area contributed by atoms with Gasteiger partial charge in [0.2, 0.25) is 11.8 Å². The first-order chi connectivity index (χ1) is 11.8. The fourth-order valence-corrected chi connectivity index (χ4v) is 2.63. The van der Waals surface area contributed by atoms with Gasteiger partial charge >= 0.3 is 0 Å². The minimum absolute atomic E-state index is 0.0888. The molecule has 2 amide bonds. The van der Waals surface area contributed by atoms with Crippen LogP contribution in [-0.4, -0.2) is 36.9 Å². The molecule has 0 aromatic heterocycles. The van der Waals surface area contributed by atoms with Gasteiger partial charge in [0, 0.05) is 5.69 Å². The highest BCUT2D eigenvalue weighted by atomic mass is 35.5. The van der Waals surface area contributed by atoms with Gasteiger partial charge in [-0.1, -0.05) is 41.4 Å². The van der Waals surface area contributed by atoms with Crippen LogP contribution >= 0.6 is 11.6 Å². The molecule has 132 valence electrons. The lowest BCUT2D eigenvalue weighted by Crippen LogP contribution is -2.36. The Kier molecular flexibility index (Phi) is 6.56. The van der Waals surface area contributed by atoms with Crippen LogP contribution in [0.5, 0.6) is 0 Å². The number of hydrogen-bond acceptors (Lipinski definition) is 3. The Bertz CT molecular complexity index is 777. The van der Waals surface area contributed by atoms with Gasteiger partial charge in [0.25, 0.3) is 0 Å². The summed E-state index contributed by atoms with van der Waals surface area (Å²) in [6.07, 6.45) is 0. The number of para-hydroxylation sites is 1. The quantitative estimate of drug-likeness (QED) is 0.830. The molecular formula is C19H22ClN3O2. The SMILES string of the molecule is Cc1ccc(NC(=O)CN(C)CC(=O)Nc2ccccc2Cl)c(C)c1. The summed E-state index contributed by atoms with van der Waals surface area (Å²) in [6.45, 7) is 4.15. The van der Waals surface area contributed by atoms with Gasteiger partial charge in [-0.2, -0.15) is 0 Å². The number of likely N-dealkylation sites (N-methyl/N-ethyl adjacent to an activating group) is 1. The van der Waals surface area contributed by atoms with E-state index in [1.165, 1.54) is 0 Å². The third-order valence-corrected chi connectivity index (χ3v) is 3.96. The second-order valence-corrected chi connectivity index (χ2v) is 6.47. The first-order valence-electron chi connectivity index (χ1n) is 7.95. The van der Waals surface area contributed by atoms with Crippen LogP contribution in [0.2, 0.25) is 5.02 Å². The van der Waals surface area contributed by atoms with E-state index in [4.69, 9.17) is 11.6 Å². The third kappa shape index (κ3) is 5.89. The maximum Gasteiger partial charge on any atom is 0.238 e. The second kappa shape index (κ2) is 8.65. The van der Waals surface area contributed by atoms with E-state index in [0.29, 0.717) is 10.7 Å². The molecule has 0 aliphatic heterocycles. The number of halogens is 1. The van der Waals surface area contributed by atoms with Gasteiger partial charge in [-0.3, -0.25) is 14.5 Å². The van der Waals surface area contributed by atoms with Crippen LogP contribution in [0.4, 0.5) is 11.4 Å². The second-order valence-electron chi connectivity index (χ2n) is 6.07. The maximum absolute atomic E-state index is 12.1. The van der Waals surface area contributed by atoms with Crippen molar-refractivity contribution in [1.82, 2.24) is 4.90 Å². The lowest BCUT2D eigenvalue weighted by atomic mass is 10.1. The Balaban J connectivity index is 1.84. The van der Waals surface area contributed by atoms with Gasteiger partial charge in [-0.25, -0.2) is 0 Å². The van der Waals surface area contributed by atoms with Crippen molar-refractivity contribution in [3.8, 4) is 0 Å². The monoisotopic (exact) mass is 359 g/mol. The molecule has 2 rings (SSSR count). The van der Waals surface area contributed by atoms with Gasteiger partial charge in [-0.15, -0.1) is 0 Å². The van der Waals surface area contributed by atoms with Crippen molar-refractivity contribution in [2.45, 2.75) is 13.8 Å². The fraction of sp³-hybridized carbons (Fsp3) is 0.263. The molecule has 0 fully saturated rings. The minimum Gasteiger partial charge on any atom is -0.325 e. The Morgan fingerprint density at radius 2 is 1.56 bits per heavy atom. The summed E-state index contributed by atoms with van der Waals surface area (Å²) in [5.41, 5.74) is 3.49. The number of amides is 2. The number of benzene rings is 2. The van der Waals surface area contributed by atoms with Crippen LogP contribution in [0, 0.1) is 13.8 Å². The Morgan fingerprint density at radius 3 is 2.16 bits per heavy atom. The maximum atomic E-state index is 12.1. The third-order valence-electron chi connectivity index (χ3n) is 3.63. The molecular weight excluding hydrogens is 338 g/mol. The van der Waals surface area contributed by atoms with Gasteiger partial charge in [0.15, 0.2) is 0 Å². The van der Waals surface area contributed by atoms with Crippen LogP contribution < -0.4 is 10.6 Å². The molecule has 0 saturated heterocycles. The summed E-state index contributed by atoms with van der Waals surface area (Å²) in [5.74, 6) is -0.394. The van der Waals surface area contributed by atoms with Crippen molar-refractivity contribution in [2.24, 2.45) is 0 Å². The first-order valence-corrected chi connectivity index (χ1v) is 8.33. The highest BCUT2D eigenvalue weighted by molar-refractivity contribution is 6.33. The molecule has 0 radical (unpaired) electrons. The van der Waals surface area contributed by atoms with Gasteiger partial charge in [-0.05, 0) is 44.7 Å². The van der Waals surface area contributed by atoms with Crippen LogP contribution in [0.25, 0.3) is 0 Å². The van der Waals surface area contributed by atoms with Gasteiger partial charge < -0.3 is 10.6 Å².